The van der Waals surface area contributed by atoms with E-state index in [0.717, 1.165) is 27.7 Å². The molecule has 2 aromatic heterocycles. The molecule has 0 saturated heterocycles. The standard InChI is InChI=1S/C23H22N4O2/c1-29-21-14-16(17-9-11-25-22-18(17)10-12-26-22)7-8-20(21)27-23(28)19(24)13-15-5-3-2-4-6-15/h2-12,14,19H,13,24H2,1H3,(H,25,26)(H,27,28)/t19-/m1/s1. The number of aromatic nitrogens is 2. The molecule has 2 heterocycles. The predicted octanol–water partition coefficient (Wildman–Crippen LogP) is 3.75. The second-order valence-electron chi connectivity index (χ2n) is 6.80. The van der Waals surface area contributed by atoms with Crippen molar-refractivity contribution in [1.29, 1.82) is 0 Å². The van der Waals surface area contributed by atoms with Gasteiger partial charge < -0.3 is 20.8 Å². The molecule has 0 unspecified atom stereocenters. The van der Waals surface area contributed by atoms with Crippen molar-refractivity contribution in [1.82, 2.24) is 9.97 Å². The van der Waals surface area contributed by atoms with Crippen molar-refractivity contribution in [3.63, 3.8) is 0 Å². The van der Waals surface area contributed by atoms with Gasteiger partial charge in [0.1, 0.15) is 11.4 Å². The Kier molecular flexibility index (Phi) is 5.27. The molecule has 0 spiro atoms. The SMILES string of the molecule is COc1cc(-c2ccnc3[nH]ccc23)ccc1NC(=O)[C@H](N)Cc1ccccc1. The number of H-pyrrole nitrogens is 1. The molecule has 0 aliphatic heterocycles. The summed E-state index contributed by atoms with van der Waals surface area (Å²) in [6.45, 7) is 0. The summed E-state index contributed by atoms with van der Waals surface area (Å²) in [6, 6.07) is 18.7. The highest BCUT2D eigenvalue weighted by Gasteiger charge is 2.17. The Morgan fingerprint density at radius 1 is 1.17 bits per heavy atom. The van der Waals surface area contributed by atoms with E-state index >= 15 is 0 Å². The molecule has 6 heteroatoms. The van der Waals surface area contributed by atoms with Gasteiger partial charge in [0.05, 0.1) is 18.8 Å². The highest BCUT2D eigenvalue weighted by Crippen LogP contribution is 2.33. The van der Waals surface area contributed by atoms with Crippen LogP contribution in [0, 0.1) is 0 Å². The van der Waals surface area contributed by atoms with Crippen molar-refractivity contribution in [2.45, 2.75) is 12.5 Å². The number of fused-ring (bicyclic) bond motifs is 1. The van der Waals surface area contributed by atoms with Crippen molar-refractivity contribution in [2.75, 3.05) is 12.4 Å². The van der Waals surface area contributed by atoms with E-state index < -0.39 is 6.04 Å². The van der Waals surface area contributed by atoms with Crippen molar-refractivity contribution in [3.8, 4) is 16.9 Å². The van der Waals surface area contributed by atoms with Gasteiger partial charge in [-0.25, -0.2) is 4.98 Å². The molecule has 4 rings (SSSR count). The number of carbonyl (C=O) groups excluding carboxylic acids is 1. The highest BCUT2D eigenvalue weighted by molar-refractivity contribution is 5.98. The van der Waals surface area contributed by atoms with Crippen LogP contribution in [0.1, 0.15) is 5.56 Å². The first-order valence-corrected chi connectivity index (χ1v) is 9.36. The third kappa shape index (κ3) is 3.97. The number of methoxy groups -OCH3 is 1. The number of benzene rings is 2. The molecule has 0 aliphatic rings. The number of nitrogens with one attached hydrogen (secondary N) is 2. The summed E-state index contributed by atoms with van der Waals surface area (Å²) in [7, 11) is 1.58. The van der Waals surface area contributed by atoms with Gasteiger partial charge in [0, 0.05) is 17.8 Å². The Bertz CT molecular complexity index is 1140. The number of ether oxygens (including phenoxy) is 1. The molecule has 0 radical (unpaired) electrons. The van der Waals surface area contributed by atoms with Crippen LogP contribution in [0.2, 0.25) is 0 Å². The monoisotopic (exact) mass is 386 g/mol. The molecular weight excluding hydrogens is 364 g/mol. The zero-order valence-corrected chi connectivity index (χ0v) is 16.1. The third-order valence-electron chi connectivity index (χ3n) is 4.87. The van der Waals surface area contributed by atoms with Crippen LogP contribution in [0.3, 0.4) is 0 Å². The van der Waals surface area contributed by atoms with Gasteiger partial charge in [-0.1, -0.05) is 36.4 Å². The Hall–Kier alpha value is -3.64. The number of rotatable bonds is 6. The maximum atomic E-state index is 12.6. The number of hydrogen-bond donors (Lipinski definition) is 3. The minimum absolute atomic E-state index is 0.253. The van der Waals surface area contributed by atoms with Crippen molar-refractivity contribution >= 4 is 22.6 Å². The maximum Gasteiger partial charge on any atom is 0.241 e. The average Bonchev–Trinajstić information content (AvgIpc) is 3.23. The number of carbonyl (C=O) groups is 1. The number of nitrogens with zero attached hydrogens (tertiary/aromatic N) is 1. The van der Waals surface area contributed by atoms with Crippen LogP contribution in [-0.4, -0.2) is 29.0 Å². The fourth-order valence-corrected chi connectivity index (χ4v) is 3.36. The molecule has 2 aromatic carbocycles. The lowest BCUT2D eigenvalue weighted by Crippen LogP contribution is -2.37. The van der Waals surface area contributed by atoms with Gasteiger partial charge in [-0.15, -0.1) is 0 Å². The summed E-state index contributed by atoms with van der Waals surface area (Å²) in [5.41, 5.74) is 10.5. The van der Waals surface area contributed by atoms with Crippen molar-refractivity contribution in [2.24, 2.45) is 5.73 Å². The minimum Gasteiger partial charge on any atom is -0.495 e. The smallest absolute Gasteiger partial charge is 0.241 e. The van der Waals surface area contributed by atoms with E-state index in [2.05, 4.69) is 15.3 Å². The lowest BCUT2D eigenvalue weighted by Gasteiger charge is -2.15. The molecule has 4 N–H and O–H groups in total. The van der Waals surface area contributed by atoms with Crippen LogP contribution in [0.4, 0.5) is 5.69 Å². The van der Waals surface area contributed by atoms with Crippen LogP contribution in [0.15, 0.2) is 73.1 Å². The molecule has 0 bridgehead atoms. The van der Waals surface area contributed by atoms with Gasteiger partial charge in [-0.05, 0) is 47.4 Å². The fraction of sp³-hybridized carbons (Fsp3) is 0.130. The molecule has 0 saturated carbocycles. The number of amides is 1. The Balaban J connectivity index is 1.55. The van der Waals surface area contributed by atoms with Crippen LogP contribution in [-0.2, 0) is 11.2 Å². The number of anilines is 1. The quantitative estimate of drug-likeness (QED) is 0.470. The molecule has 1 atom stereocenters. The first-order valence-electron chi connectivity index (χ1n) is 9.36. The van der Waals surface area contributed by atoms with Gasteiger partial charge in [0.15, 0.2) is 0 Å². The van der Waals surface area contributed by atoms with E-state index in [9.17, 15) is 4.79 Å². The van der Waals surface area contributed by atoms with Gasteiger partial charge in [-0.3, -0.25) is 4.79 Å². The highest BCUT2D eigenvalue weighted by atomic mass is 16.5. The first kappa shape index (κ1) is 18.7. The van der Waals surface area contributed by atoms with E-state index in [0.29, 0.717) is 17.9 Å². The molecular formula is C23H22N4O2. The topological polar surface area (TPSA) is 93.0 Å². The van der Waals surface area contributed by atoms with Crippen molar-refractivity contribution in [3.05, 3.63) is 78.6 Å². The molecule has 29 heavy (non-hydrogen) atoms. The van der Waals surface area contributed by atoms with E-state index in [1.54, 1.807) is 13.3 Å². The Morgan fingerprint density at radius 2 is 2.00 bits per heavy atom. The second kappa shape index (κ2) is 8.16. The summed E-state index contributed by atoms with van der Waals surface area (Å²) in [4.78, 5) is 20.0. The normalized spacial score (nSPS) is 11.9. The second-order valence-corrected chi connectivity index (χ2v) is 6.80. The summed E-state index contributed by atoms with van der Waals surface area (Å²) in [5.74, 6) is 0.320. The van der Waals surface area contributed by atoms with Gasteiger partial charge in [-0.2, -0.15) is 0 Å². The number of nitrogens with two attached hydrogens (primary N) is 1. The van der Waals surface area contributed by atoms with Crippen LogP contribution < -0.4 is 15.8 Å². The third-order valence-corrected chi connectivity index (χ3v) is 4.87. The molecule has 4 aromatic rings. The summed E-state index contributed by atoms with van der Waals surface area (Å²) in [6.07, 6.45) is 4.09. The Labute approximate surface area is 168 Å². The van der Waals surface area contributed by atoms with Gasteiger partial charge >= 0.3 is 0 Å². The largest absolute Gasteiger partial charge is 0.495 e. The minimum atomic E-state index is -0.651. The van der Waals surface area contributed by atoms with E-state index in [-0.39, 0.29) is 5.91 Å². The zero-order valence-electron chi connectivity index (χ0n) is 16.1. The molecule has 0 fully saturated rings. The number of aromatic amines is 1. The lowest BCUT2D eigenvalue weighted by molar-refractivity contribution is -0.117. The molecule has 0 aliphatic carbocycles. The van der Waals surface area contributed by atoms with Gasteiger partial charge in [0.25, 0.3) is 0 Å². The summed E-state index contributed by atoms with van der Waals surface area (Å²) in [5, 5.41) is 3.91. The van der Waals surface area contributed by atoms with Crippen LogP contribution in [0.5, 0.6) is 5.75 Å². The molecule has 1 amide bonds. The molecule has 146 valence electrons. The van der Waals surface area contributed by atoms with Gasteiger partial charge in [0.2, 0.25) is 5.91 Å². The summed E-state index contributed by atoms with van der Waals surface area (Å²) < 4.78 is 5.52. The van der Waals surface area contributed by atoms with E-state index in [1.807, 2.05) is 66.9 Å². The Morgan fingerprint density at radius 3 is 2.79 bits per heavy atom. The van der Waals surface area contributed by atoms with E-state index in [1.165, 1.54) is 0 Å². The van der Waals surface area contributed by atoms with E-state index in [4.69, 9.17) is 10.5 Å². The van der Waals surface area contributed by atoms with Crippen LogP contribution >= 0.6 is 0 Å². The predicted molar refractivity (Wildman–Crippen MR) is 115 cm³/mol. The van der Waals surface area contributed by atoms with Crippen molar-refractivity contribution < 1.29 is 9.53 Å². The van der Waals surface area contributed by atoms with Crippen LogP contribution in [0.25, 0.3) is 22.2 Å². The lowest BCUT2D eigenvalue weighted by atomic mass is 10.0. The number of hydrogen-bond acceptors (Lipinski definition) is 4. The maximum absolute atomic E-state index is 12.6. The average molecular weight is 386 g/mol. The number of pyridine rings is 1. The zero-order chi connectivity index (χ0) is 20.2. The summed E-state index contributed by atoms with van der Waals surface area (Å²) >= 11 is 0. The molecule has 6 nitrogen and oxygen atoms in total. The fourth-order valence-electron chi connectivity index (χ4n) is 3.36. The first-order chi connectivity index (χ1) is 14.2.